The fourth-order valence-corrected chi connectivity index (χ4v) is 2.04. The van der Waals surface area contributed by atoms with E-state index >= 15 is 0 Å². The number of benzene rings is 1. The second kappa shape index (κ2) is 6.97. The molecule has 1 aromatic heterocycles. The number of rotatable bonds is 6. The molecule has 0 aliphatic carbocycles. The van der Waals surface area contributed by atoms with E-state index in [4.69, 9.17) is 10.5 Å². The van der Waals surface area contributed by atoms with Crippen LogP contribution >= 0.6 is 0 Å². The van der Waals surface area contributed by atoms with Gasteiger partial charge in [0.05, 0.1) is 12.3 Å². The maximum absolute atomic E-state index is 5.95. The van der Waals surface area contributed by atoms with Crippen molar-refractivity contribution >= 4 is 17.2 Å². The average Bonchev–Trinajstić information content (AvgIpc) is 2.49. The van der Waals surface area contributed by atoms with Gasteiger partial charge in [0.25, 0.3) is 0 Å². The predicted molar refractivity (Wildman–Crippen MR) is 88.1 cm³/mol. The van der Waals surface area contributed by atoms with E-state index in [9.17, 15) is 0 Å². The molecule has 0 spiro atoms. The number of nitrogen functional groups attached to an aromatic ring is 1. The van der Waals surface area contributed by atoms with Crippen LogP contribution in [0.1, 0.15) is 20.8 Å². The normalized spacial score (nSPS) is 10.7. The van der Waals surface area contributed by atoms with Gasteiger partial charge in [-0.3, -0.25) is 0 Å². The molecule has 2 rings (SSSR count). The number of ether oxygens (including phenoxy) is 1. The van der Waals surface area contributed by atoms with Gasteiger partial charge in [0.15, 0.2) is 0 Å². The second-order valence-electron chi connectivity index (χ2n) is 5.35. The lowest BCUT2D eigenvalue weighted by Gasteiger charge is -2.23. The van der Waals surface area contributed by atoms with E-state index in [2.05, 4.69) is 42.8 Å². The molecule has 2 aromatic rings. The Morgan fingerprint density at radius 2 is 1.86 bits per heavy atom. The summed E-state index contributed by atoms with van der Waals surface area (Å²) in [6.07, 6.45) is 0. The molecule has 4 nitrogen and oxygen atoms in total. The van der Waals surface area contributed by atoms with E-state index in [-0.39, 0.29) is 0 Å². The molecule has 4 heteroatoms. The Bertz CT molecular complexity index is 570. The summed E-state index contributed by atoms with van der Waals surface area (Å²) in [5.41, 5.74) is 7.63. The summed E-state index contributed by atoms with van der Waals surface area (Å²) < 4.78 is 5.71. The third-order valence-corrected chi connectivity index (χ3v) is 3.09. The molecular weight excluding hydrogens is 262 g/mol. The van der Waals surface area contributed by atoms with Crippen molar-refractivity contribution < 1.29 is 4.74 Å². The van der Waals surface area contributed by atoms with Gasteiger partial charge in [-0.2, -0.15) is 4.98 Å². The Labute approximate surface area is 126 Å². The number of nitrogens with zero attached hydrogens (tertiary/aromatic N) is 2. The summed E-state index contributed by atoms with van der Waals surface area (Å²) in [7, 11) is 0. The van der Waals surface area contributed by atoms with Crippen molar-refractivity contribution in [3.8, 4) is 5.88 Å². The van der Waals surface area contributed by atoms with E-state index in [1.54, 1.807) is 0 Å². The Kier molecular flexibility index (Phi) is 5.04. The molecule has 0 aliphatic rings. The van der Waals surface area contributed by atoms with Crippen LogP contribution in [0.15, 0.2) is 42.5 Å². The number of aromatic nitrogens is 1. The minimum Gasteiger partial charge on any atom is -0.476 e. The molecule has 0 atom stereocenters. The Morgan fingerprint density at radius 1 is 1.14 bits per heavy atom. The number of para-hydroxylation sites is 1. The quantitative estimate of drug-likeness (QED) is 0.875. The predicted octanol–water partition coefficient (Wildman–Crippen LogP) is 3.86. The number of hydrogen-bond donors (Lipinski definition) is 1. The van der Waals surface area contributed by atoms with Crippen molar-refractivity contribution in [1.29, 1.82) is 0 Å². The number of anilines is 3. The molecule has 0 radical (unpaired) electrons. The molecule has 112 valence electrons. The Morgan fingerprint density at radius 3 is 2.48 bits per heavy atom. The third kappa shape index (κ3) is 3.88. The molecule has 0 saturated heterocycles. The number of nitrogens with two attached hydrogens (primary N) is 1. The SMILES string of the molecule is CCN(c1ccccc1)c1ccc(N)c(OCC(C)C)n1. The first-order chi connectivity index (χ1) is 10.1. The van der Waals surface area contributed by atoms with Crippen LogP contribution in [0.5, 0.6) is 5.88 Å². The molecule has 0 aliphatic heterocycles. The van der Waals surface area contributed by atoms with Gasteiger partial charge >= 0.3 is 0 Å². The molecule has 0 fully saturated rings. The lowest BCUT2D eigenvalue weighted by Crippen LogP contribution is -2.18. The summed E-state index contributed by atoms with van der Waals surface area (Å²) in [6.45, 7) is 7.73. The Hall–Kier alpha value is -2.23. The summed E-state index contributed by atoms with van der Waals surface area (Å²) in [4.78, 5) is 6.70. The summed E-state index contributed by atoms with van der Waals surface area (Å²) >= 11 is 0. The second-order valence-corrected chi connectivity index (χ2v) is 5.35. The van der Waals surface area contributed by atoms with Crippen molar-refractivity contribution in [3.63, 3.8) is 0 Å². The van der Waals surface area contributed by atoms with Gasteiger partial charge in [0.2, 0.25) is 5.88 Å². The minimum atomic E-state index is 0.436. The molecular formula is C17H23N3O. The van der Waals surface area contributed by atoms with E-state index < -0.39 is 0 Å². The first-order valence-corrected chi connectivity index (χ1v) is 7.33. The standard InChI is InChI=1S/C17H23N3O/c1-4-20(14-8-6-5-7-9-14)16-11-10-15(18)17(19-16)21-12-13(2)3/h5-11,13H,4,12,18H2,1-3H3. The summed E-state index contributed by atoms with van der Waals surface area (Å²) in [6, 6.07) is 14.0. The van der Waals surface area contributed by atoms with Crippen LogP contribution in [0.25, 0.3) is 0 Å². The summed E-state index contributed by atoms with van der Waals surface area (Å²) in [5.74, 6) is 1.79. The molecule has 0 bridgehead atoms. The van der Waals surface area contributed by atoms with Crippen LogP contribution in [0.2, 0.25) is 0 Å². The van der Waals surface area contributed by atoms with E-state index in [0.717, 1.165) is 18.1 Å². The largest absolute Gasteiger partial charge is 0.476 e. The lowest BCUT2D eigenvalue weighted by atomic mass is 10.2. The van der Waals surface area contributed by atoms with Crippen LogP contribution < -0.4 is 15.4 Å². The topological polar surface area (TPSA) is 51.4 Å². The van der Waals surface area contributed by atoms with E-state index in [1.807, 2.05) is 30.3 Å². The highest BCUT2D eigenvalue weighted by molar-refractivity contribution is 5.63. The molecule has 1 heterocycles. The number of hydrogen-bond acceptors (Lipinski definition) is 4. The fraction of sp³-hybridized carbons (Fsp3) is 0.353. The van der Waals surface area contributed by atoms with Crippen molar-refractivity contribution in [2.75, 3.05) is 23.8 Å². The van der Waals surface area contributed by atoms with Gasteiger partial charge in [-0.25, -0.2) is 0 Å². The first kappa shape index (κ1) is 15.2. The Balaban J connectivity index is 2.28. The highest BCUT2D eigenvalue weighted by atomic mass is 16.5. The third-order valence-electron chi connectivity index (χ3n) is 3.09. The highest BCUT2D eigenvalue weighted by Crippen LogP contribution is 2.28. The summed E-state index contributed by atoms with van der Waals surface area (Å²) in [5, 5.41) is 0. The zero-order valence-corrected chi connectivity index (χ0v) is 12.9. The zero-order chi connectivity index (χ0) is 15.2. The molecule has 2 N–H and O–H groups in total. The van der Waals surface area contributed by atoms with Crippen molar-refractivity contribution in [2.24, 2.45) is 5.92 Å². The smallest absolute Gasteiger partial charge is 0.239 e. The van der Waals surface area contributed by atoms with Gasteiger partial charge in [0, 0.05) is 12.2 Å². The molecule has 0 unspecified atom stereocenters. The molecule has 0 saturated carbocycles. The van der Waals surface area contributed by atoms with Gasteiger partial charge in [-0.15, -0.1) is 0 Å². The first-order valence-electron chi connectivity index (χ1n) is 7.33. The zero-order valence-electron chi connectivity index (χ0n) is 12.9. The van der Waals surface area contributed by atoms with Gasteiger partial charge in [0.1, 0.15) is 5.82 Å². The van der Waals surface area contributed by atoms with E-state index in [1.165, 1.54) is 0 Å². The van der Waals surface area contributed by atoms with Crippen LogP contribution in [-0.2, 0) is 0 Å². The van der Waals surface area contributed by atoms with Crippen LogP contribution in [0.4, 0.5) is 17.2 Å². The maximum atomic E-state index is 5.95. The van der Waals surface area contributed by atoms with Crippen molar-refractivity contribution in [1.82, 2.24) is 4.98 Å². The average molecular weight is 285 g/mol. The highest BCUT2D eigenvalue weighted by Gasteiger charge is 2.12. The fourth-order valence-electron chi connectivity index (χ4n) is 2.04. The molecule has 0 amide bonds. The monoisotopic (exact) mass is 285 g/mol. The van der Waals surface area contributed by atoms with Gasteiger partial charge in [-0.1, -0.05) is 32.0 Å². The number of pyridine rings is 1. The van der Waals surface area contributed by atoms with Crippen molar-refractivity contribution in [3.05, 3.63) is 42.5 Å². The molecule has 1 aromatic carbocycles. The minimum absolute atomic E-state index is 0.436. The van der Waals surface area contributed by atoms with Crippen molar-refractivity contribution in [2.45, 2.75) is 20.8 Å². The van der Waals surface area contributed by atoms with Crippen LogP contribution in [0.3, 0.4) is 0 Å². The van der Waals surface area contributed by atoms with Gasteiger partial charge < -0.3 is 15.4 Å². The maximum Gasteiger partial charge on any atom is 0.239 e. The molecule has 21 heavy (non-hydrogen) atoms. The van der Waals surface area contributed by atoms with Crippen LogP contribution in [-0.4, -0.2) is 18.1 Å². The lowest BCUT2D eigenvalue weighted by molar-refractivity contribution is 0.263. The van der Waals surface area contributed by atoms with E-state index in [0.29, 0.717) is 24.1 Å². The van der Waals surface area contributed by atoms with Gasteiger partial charge in [-0.05, 0) is 37.1 Å². The van der Waals surface area contributed by atoms with Crippen LogP contribution in [0, 0.1) is 5.92 Å².